The van der Waals surface area contributed by atoms with Crippen LogP contribution in [0.25, 0.3) is 10.1 Å². The quantitative estimate of drug-likeness (QED) is 0.784. The second-order valence-electron chi connectivity index (χ2n) is 4.81. The molecule has 0 bridgehead atoms. The highest BCUT2D eigenvalue weighted by atomic mass is 32.1. The lowest BCUT2D eigenvalue weighted by atomic mass is 10.1. The molecule has 0 aliphatic rings. The number of fused-ring (bicyclic) bond motifs is 1. The number of thiophene rings is 1. The molecule has 0 fully saturated rings. The van der Waals surface area contributed by atoms with Gasteiger partial charge in [0.05, 0.1) is 6.10 Å². The number of aryl methyl sites for hydroxylation is 1. The first kappa shape index (κ1) is 13.3. The largest absolute Gasteiger partial charge is 0.388 e. The lowest BCUT2D eigenvalue weighted by Crippen LogP contribution is -2.10. The summed E-state index contributed by atoms with van der Waals surface area (Å²) >= 11 is 1.67. The average Bonchev–Trinajstić information content (AvgIpc) is 3.06. The van der Waals surface area contributed by atoms with Crippen molar-refractivity contribution in [1.29, 1.82) is 0 Å². The monoisotopic (exact) mass is 287 g/mol. The van der Waals surface area contributed by atoms with Crippen LogP contribution in [0.1, 0.15) is 30.8 Å². The first-order valence-electron chi connectivity index (χ1n) is 6.80. The molecule has 0 aliphatic heterocycles. The molecule has 5 heteroatoms. The normalized spacial score (nSPS) is 12.9. The molecule has 0 saturated carbocycles. The van der Waals surface area contributed by atoms with Crippen molar-refractivity contribution >= 4 is 21.4 Å². The Labute approximate surface area is 121 Å². The van der Waals surface area contributed by atoms with Crippen molar-refractivity contribution in [3.05, 3.63) is 47.4 Å². The van der Waals surface area contributed by atoms with Gasteiger partial charge in [0.25, 0.3) is 0 Å². The van der Waals surface area contributed by atoms with E-state index in [4.69, 9.17) is 0 Å². The fraction of sp³-hybridized carbons (Fsp3) is 0.333. The fourth-order valence-corrected chi connectivity index (χ4v) is 3.39. The molecule has 4 nitrogen and oxygen atoms in total. The summed E-state index contributed by atoms with van der Waals surface area (Å²) in [6.45, 7) is 2.95. The summed E-state index contributed by atoms with van der Waals surface area (Å²) in [6.07, 6.45) is 2.53. The van der Waals surface area contributed by atoms with E-state index in [9.17, 15) is 5.11 Å². The Morgan fingerprint density at radius 3 is 3.05 bits per heavy atom. The summed E-state index contributed by atoms with van der Waals surface area (Å²) in [6, 6.07) is 8.16. The smallest absolute Gasteiger partial charge is 0.138 e. The number of hydrogen-bond acceptors (Lipinski definition) is 4. The second kappa shape index (κ2) is 5.73. The van der Waals surface area contributed by atoms with Gasteiger partial charge in [-0.3, -0.25) is 4.68 Å². The highest BCUT2D eigenvalue weighted by Gasteiger charge is 2.16. The van der Waals surface area contributed by atoms with Crippen molar-refractivity contribution in [2.24, 2.45) is 0 Å². The SMILES string of the molecule is CCCn1ncnc1CC(O)c1csc2ccccc12. The van der Waals surface area contributed by atoms with Crippen molar-refractivity contribution in [2.45, 2.75) is 32.4 Å². The molecule has 0 amide bonds. The van der Waals surface area contributed by atoms with Crippen LogP contribution in [0.2, 0.25) is 0 Å². The molecule has 1 N–H and O–H groups in total. The van der Waals surface area contributed by atoms with Crippen molar-refractivity contribution in [3.63, 3.8) is 0 Å². The minimum Gasteiger partial charge on any atom is -0.388 e. The van der Waals surface area contributed by atoms with Crippen LogP contribution in [0.3, 0.4) is 0 Å². The summed E-state index contributed by atoms with van der Waals surface area (Å²) in [5.41, 5.74) is 0.983. The van der Waals surface area contributed by atoms with Crippen molar-refractivity contribution < 1.29 is 5.11 Å². The molecule has 0 spiro atoms. The molecular formula is C15H17N3OS. The molecule has 2 aromatic heterocycles. The Hall–Kier alpha value is -1.72. The van der Waals surface area contributed by atoms with Gasteiger partial charge in [-0.25, -0.2) is 4.98 Å². The van der Waals surface area contributed by atoms with Gasteiger partial charge in [-0.05, 0) is 28.8 Å². The first-order valence-corrected chi connectivity index (χ1v) is 7.68. The van der Waals surface area contributed by atoms with E-state index >= 15 is 0 Å². The fourth-order valence-electron chi connectivity index (χ4n) is 2.38. The van der Waals surface area contributed by atoms with Gasteiger partial charge in [-0.1, -0.05) is 25.1 Å². The zero-order valence-electron chi connectivity index (χ0n) is 11.4. The van der Waals surface area contributed by atoms with Crippen LogP contribution in [-0.2, 0) is 13.0 Å². The molecule has 3 aromatic rings. The van der Waals surface area contributed by atoms with Gasteiger partial charge in [0.15, 0.2) is 0 Å². The Bertz CT molecular complexity index is 704. The highest BCUT2D eigenvalue weighted by molar-refractivity contribution is 7.17. The minimum absolute atomic E-state index is 0.501. The van der Waals surface area contributed by atoms with Crippen LogP contribution in [0.5, 0.6) is 0 Å². The van der Waals surface area contributed by atoms with Crippen LogP contribution in [-0.4, -0.2) is 19.9 Å². The Balaban J connectivity index is 1.85. The number of rotatable bonds is 5. The summed E-state index contributed by atoms with van der Waals surface area (Å²) in [5.74, 6) is 0.842. The van der Waals surface area contributed by atoms with E-state index in [2.05, 4.69) is 29.1 Å². The third-order valence-electron chi connectivity index (χ3n) is 3.38. The second-order valence-corrected chi connectivity index (χ2v) is 5.72. The van der Waals surface area contributed by atoms with E-state index in [1.54, 1.807) is 17.7 Å². The number of aliphatic hydroxyl groups excluding tert-OH is 1. The van der Waals surface area contributed by atoms with E-state index in [0.29, 0.717) is 6.42 Å². The molecule has 0 saturated heterocycles. The molecule has 1 unspecified atom stereocenters. The zero-order valence-corrected chi connectivity index (χ0v) is 12.2. The maximum absolute atomic E-state index is 10.5. The van der Waals surface area contributed by atoms with Gasteiger partial charge >= 0.3 is 0 Å². The molecule has 3 rings (SSSR count). The van der Waals surface area contributed by atoms with Crippen LogP contribution >= 0.6 is 11.3 Å². The van der Waals surface area contributed by atoms with Gasteiger partial charge in [0, 0.05) is 17.7 Å². The van der Waals surface area contributed by atoms with Crippen LogP contribution in [0.4, 0.5) is 0 Å². The maximum Gasteiger partial charge on any atom is 0.138 e. The molecule has 1 aromatic carbocycles. The Morgan fingerprint density at radius 2 is 2.20 bits per heavy atom. The third kappa shape index (κ3) is 2.46. The topological polar surface area (TPSA) is 50.9 Å². The van der Waals surface area contributed by atoms with Crippen molar-refractivity contribution in [1.82, 2.24) is 14.8 Å². The molecule has 0 radical (unpaired) electrons. The number of benzene rings is 1. The Kier molecular flexibility index (Phi) is 3.80. The molecule has 1 atom stereocenters. The van der Waals surface area contributed by atoms with Gasteiger partial charge in [-0.2, -0.15) is 5.10 Å². The molecule has 0 aliphatic carbocycles. The van der Waals surface area contributed by atoms with E-state index in [-0.39, 0.29) is 0 Å². The van der Waals surface area contributed by atoms with Crippen LogP contribution < -0.4 is 0 Å². The van der Waals surface area contributed by atoms with Gasteiger partial charge in [0.1, 0.15) is 12.2 Å². The number of aliphatic hydroxyl groups is 1. The average molecular weight is 287 g/mol. The number of aromatic nitrogens is 3. The summed E-state index contributed by atoms with van der Waals surface area (Å²) < 4.78 is 3.08. The molecule has 104 valence electrons. The maximum atomic E-state index is 10.5. The molecule has 2 heterocycles. The van der Waals surface area contributed by atoms with E-state index in [1.807, 2.05) is 22.2 Å². The van der Waals surface area contributed by atoms with Crippen molar-refractivity contribution in [3.8, 4) is 0 Å². The number of hydrogen-bond donors (Lipinski definition) is 1. The molecular weight excluding hydrogens is 270 g/mol. The third-order valence-corrected chi connectivity index (χ3v) is 4.36. The predicted molar refractivity (Wildman–Crippen MR) is 80.8 cm³/mol. The van der Waals surface area contributed by atoms with Gasteiger partial charge < -0.3 is 5.11 Å². The first-order chi connectivity index (χ1) is 9.79. The zero-order chi connectivity index (χ0) is 13.9. The van der Waals surface area contributed by atoms with Crippen LogP contribution in [0, 0.1) is 0 Å². The highest BCUT2D eigenvalue weighted by Crippen LogP contribution is 2.31. The van der Waals surface area contributed by atoms with E-state index in [1.165, 1.54) is 4.70 Å². The molecule has 20 heavy (non-hydrogen) atoms. The number of nitrogens with zero attached hydrogens (tertiary/aromatic N) is 3. The minimum atomic E-state index is -0.536. The summed E-state index contributed by atoms with van der Waals surface area (Å²) in [7, 11) is 0. The lowest BCUT2D eigenvalue weighted by molar-refractivity contribution is 0.176. The Morgan fingerprint density at radius 1 is 1.35 bits per heavy atom. The van der Waals surface area contributed by atoms with Gasteiger partial charge in [0.2, 0.25) is 0 Å². The lowest BCUT2D eigenvalue weighted by Gasteiger charge is -2.10. The van der Waals surface area contributed by atoms with E-state index in [0.717, 1.165) is 29.7 Å². The van der Waals surface area contributed by atoms with E-state index < -0.39 is 6.10 Å². The summed E-state index contributed by atoms with van der Waals surface area (Å²) in [4.78, 5) is 4.26. The van der Waals surface area contributed by atoms with Gasteiger partial charge in [-0.15, -0.1) is 11.3 Å². The van der Waals surface area contributed by atoms with Crippen LogP contribution in [0.15, 0.2) is 36.0 Å². The summed E-state index contributed by atoms with van der Waals surface area (Å²) in [5, 5.41) is 17.9. The van der Waals surface area contributed by atoms with Crippen molar-refractivity contribution in [2.75, 3.05) is 0 Å². The standard InChI is InChI=1S/C15H17N3OS/c1-2-7-18-15(16-10-17-18)8-13(19)12-9-20-14-6-4-3-5-11(12)14/h3-6,9-10,13,19H,2,7-8H2,1H3. The predicted octanol–water partition coefficient (Wildman–Crippen LogP) is 3.18.